The average Bonchev–Trinajstić information content (AvgIpc) is 4.08. The molecule has 2 saturated heterocycles. The van der Waals surface area contributed by atoms with Crippen LogP contribution in [0, 0.1) is 23.2 Å². The summed E-state index contributed by atoms with van der Waals surface area (Å²) in [4.78, 5) is 14.6. The highest BCUT2D eigenvalue weighted by Crippen LogP contribution is 2.41. The smallest absolute Gasteiger partial charge is 0.138 e. The summed E-state index contributed by atoms with van der Waals surface area (Å²) in [6.07, 6.45) is 19.8. The molecule has 5 nitrogen and oxygen atoms in total. The molecule has 3 N–H and O–H groups in total. The van der Waals surface area contributed by atoms with Crippen molar-refractivity contribution < 1.29 is 4.79 Å². The molecule has 2 aromatic rings. The summed E-state index contributed by atoms with van der Waals surface area (Å²) >= 11 is 0. The highest BCUT2D eigenvalue weighted by molar-refractivity contribution is 5.83. The minimum atomic E-state index is -0.167. The third kappa shape index (κ3) is 11.2. The van der Waals surface area contributed by atoms with E-state index in [-0.39, 0.29) is 5.41 Å². The van der Waals surface area contributed by atoms with Crippen molar-refractivity contribution in [1.82, 2.24) is 20.9 Å². The van der Waals surface area contributed by atoms with Crippen LogP contribution < -0.4 is 16.0 Å². The maximum atomic E-state index is 12.1. The van der Waals surface area contributed by atoms with Crippen LogP contribution in [0.25, 0.3) is 12.2 Å². The molecule has 3 aliphatic carbocycles. The molecule has 2 aromatic carbocycles. The van der Waals surface area contributed by atoms with Crippen molar-refractivity contribution in [2.24, 2.45) is 23.2 Å². The molecule has 284 valence electrons. The van der Waals surface area contributed by atoms with Crippen LogP contribution >= 0.6 is 0 Å². The van der Waals surface area contributed by atoms with Crippen molar-refractivity contribution in [3.8, 4) is 0 Å². The second-order valence-corrected chi connectivity index (χ2v) is 17.9. The number of nitrogens with zero attached hydrogens (tertiary/aromatic N) is 1. The summed E-state index contributed by atoms with van der Waals surface area (Å²) in [5.74, 6) is 2.67. The molecule has 2 heterocycles. The van der Waals surface area contributed by atoms with Gasteiger partial charge >= 0.3 is 0 Å². The van der Waals surface area contributed by atoms with Gasteiger partial charge < -0.3 is 20.9 Å². The Morgan fingerprint density at radius 3 is 1.98 bits per heavy atom. The van der Waals surface area contributed by atoms with E-state index < -0.39 is 0 Å². The number of benzene rings is 2. The molecule has 7 rings (SSSR count). The molecule has 5 aliphatic rings. The van der Waals surface area contributed by atoms with Crippen LogP contribution in [0.3, 0.4) is 0 Å². The van der Waals surface area contributed by atoms with Crippen LogP contribution in [0.5, 0.6) is 0 Å². The van der Waals surface area contributed by atoms with Crippen LogP contribution in [-0.2, 0) is 4.79 Å². The van der Waals surface area contributed by atoms with Gasteiger partial charge in [0.25, 0.3) is 0 Å². The van der Waals surface area contributed by atoms with Gasteiger partial charge in [-0.15, -0.1) is 0 Å². The van der Waals surface area contributed by atoms with Gasteiger partial charge in [-0.3, -0.25) is 4.79 Å². The first-order valence-corrected chi connectivity index (χ1v) is 21.1. The summed E-state index contributed by atoms with van der Waals surface area (Å²) in [6.45, 7) is 16.6. The maximum Gasteiger partial charge on any atom is 0.138 e. The molecule has 5 heteroatoms. The lowest BCUT2D eigenvalue weighted by Gasteiger charge is -2.38. The van der Waals surface area contributed by atoms with Gasteiger partial charge in [-0.25, -0.2) is 0 Å². The van der Waals surface area contributed by atoms with E-state index in [0.717, 1.165) is 43.4 Å². The Kier molecular flexibility index (Phi) is 13.7. The summed E-state index contributed by atoms with van der Waals surface area (Å²) in [5, 5.41) is 11.6. The summed E-state index contributed by atoms with van der Waals surface area (Å²) in [5.41, 5.74) is 6.05. The molecule has 3 saturated carbocycles. The first kappa shape index (κ1) is 39.1. The number of ketones is 1. The Bertz CT molecular complexity index is 1460. The Labute approximate surface area is 316 Å². The molecule has 0 amide bonds. The molecule has 52 heavy (non-hydrogen) atoms. The molecule has 0 radical (unpaired) electrons. The molecular formula is C47H70N4O. The monoisotopic (exact) mass is 707 g/mol. The van der Waals surface area contributed by atoms with E-state index in [0.29, 0.717) is 29.7 Å². The number of Topliss-reactive ketones (excluding diaryl/α,β-unsaturated/α-hetero) is 1. The fourth-order valence-corrected chi connectivity index (χ4v) is 9.37. The van der Waals surface area contributed by atoms with Gasteiger partial charge in [0.2, 0.25) is 0 Å². The minimum absolute atomic E-state index is 0.167. The molecule has 0 bridgehead atoms. The molecule has 4 unspecified atom stereocenters. The normalized spacial score (nSPS) is 29.8. The third-order valence-electron chi connectivity index (χ3n) is 13.4. The lowest BCUT2D eigenvalue weighted by molar-refractivity contribution is -0.127. The van der Waals surface area contributed by atoms with Crippen LogP contribution in [0.15, 0.2) is 71.8 Å². The van der Waals surface area contributed by atoms with Crippen molar-refractivity contribution in [3.63, 3.8) is 0 Å². The van der Waals surface area contributed by atoms with E-state index in [9.17, 15) is 4.79 Å². The summed E-state index contributed by atoms with van der Waals surface area (Å²) in [7, 11) is 0. The molecular weight excluding hydrogens is 637 g/mol. The Morgan fingerprint density at radius 2 is 1.42 bits per heavy atom. The predicted octanol–water partition coefficient (Wildman–Crippen LogP) is 9.31. The maximum absolute atomic E-state index is 12.1. The van der Waals surface area contributed by atoms with E-state index in [1.165, 1.54) is 101 Å². The van der Waals surface area contributed by atoms with Gasteiger partial charge in [-0.05, 0) is 146 Å². The van der Waals surface area contributed by atoms with Crippen molar-refractivity contribution >= 4 is 17.9 Å². The van der Waals surface area contributed by atoms with E-state index in [1.807, 2.05) is 6.92 Å². The number of carbonyl (C=O) groups is 1. The Morgan fingerprint density at radius 1 is 0.846 bits per heavy atom. The number of nitrogens with one attached hydrogen (secondary N) is 3. The zero-order valence-corrected chi connectivity index (χ0v) is 33.3. The SMILES string of the molecule is C/C(=C\c1ccccc1)C1CC1NC1CCC2(CCCN2)CC1.CCC(=O)C(C)(C)CCN1CCC(CNC2CC2/C(C)=C/c2ccccc2)CC1. The lowest BCUT2D eigenvalue weighted by atomic mass is 9.78. The lowest BCUT2D eigenvalue weighted by Crippen LogP contribution is -2.47. The summed E-state index contributed by atoms with van der Waals surface area (Å²) < 4.78 is 0. The zero-order chi connectivity index (χ0) is 36.6. The second-order valence-electron chi connectivity index (χ2n) is 17.9. The largest absolute Gasteiger partial charge is 0.313 e. The van der Waals surface area contributed by atoms with Crippen molar-refractivity contribution in [2.75, 3.05) is 32.7 Å². The number of hydrogen-bond acceptors (Lipinski definition) is 5. The first-order chi connectivity index (χ1) is 25.1. The number of rotatable bonds is 14. The van der Waals surface area contributed by atoms with Gasteiger partial charge in [0, 0.05) is 35.5 Å². The average molecular weight is 707 g/mol. The minimum Gasteiger partial charge on any atom is -0.313 e. The van der Waals surface area contributed by atoms with E-state index >= 15 is 0 Å². The molecule has 5 fully saturated rings. The van der Waals surface area contributed by atoms with E-state index in [2.05, 4.69) is 121 Å². The quantitative estimate of drug-likeness (QED) is 0.183. The number of carbonyl (C=O) groups excluding carboxylic acids is 1. The van der Waals surface area contributed by atoms with Crippen molar-refractivity contribution in [2.45, 2.75) is 135 Å². The van der Waals surface area contributed by atoms with E-state index in [1.54, 1.807) is 5.57 Å². The zero-order valence-electron chi connectivity index (χ0n) is 33.3. The highest BCUT2D eigenvalue weighted by atomic mass is 16.1. The number of hydrogen-bond donors (Lipinski definition) is 3. The second kappa shape index (κ2) is 18.2. The van der Waals surface area contributed by atoms with Crippen molar-refractivity contribution in [3.05, 3.63) is 82.9 Å². The Balaban J connectivity index is 0.000000183. The predicted molar refractivity (Wildman–Crippen MR) is 220 cm³/mol. The Hall–Kier alpha value is -2.57. The summed E-state index contributed by atoms with van der Waals surface area (Å²) in [6, 6.07) is 23.5. The standard InChI is InChI=1S/C26H40N2O.C21H30N2/c1-5-25(29)26(3,4)13-16-28-14-11-22(12-15-28)19-27-24-18-23(24)20(2)17-21-9-7-6-8-10-21;1-16(14-17-6-3-2-4-7-17)19-15-20(19)23-18-8-11-21(12-9-18)10-5-13-22-21/h6-10,17,22-24,27H,5,11-16,18-19H2,1-4H3;2-4,6-7,14,18-20,22-23H,5,8-13,15H2,1H3/b20-17+;16-14+. The molecule has 1 spiro atoms. The molecule has 0 aromatic heterocycles. The fourth-order valence-electron chi connectivity index (χ4n) is 9.37. The van der Waals surface area contributed by atoms with Gasteiger partial charge in [-0.2, -0.15) is 0 Å². The van der Waals surface area contributed by atoms with Gasteiger partial charge in [0.1, 0.15) is 5.78 Å². The van der Waals surface area contributed by atoms with Crippen LogP contribution in [0.2, 0.25) is 0 Å². The van der Waals surface area contributed by atoms with Crippen LogP contribution in [0.1, 0.15) is 123 Å². The first-order valence-electron chi connectivity index (χ1n) is 21.1. The molecule has 4 atom stereocenters. The topological polar surface area (TPSA) is 56.4 Å². The van der Waals surface area contributed by atoms with Crippen molar-refractivity contribution in [1.29, 1.82) is 0 Å². The third-order valence-corrected chi connectivity index (χ3v) is 13.4. The fraction of sp³-hybridized carbons (Fsp3) is 0.638. The highest BCUT2D eigenvalue weighted by Gasteiger charge is 2.42. The van der Waals surface area contributed by atoms with Gasteiger partial charge in [0.05, 0.1) is 0 Å². The number of likely N-dealkylation sites (tertiary alicyclic amines) is 1. The van der Waals surface area contributed by atoms with Crippen LogP contribution in [0.4, 0.5) is 0 Å². The van der Waals surface area contributed by atoms with Gasteiger partial charge in [0.15, 0.2) is 0 Å². The van der Waals surface area contributed by atoms with E-state index in [4.69, 9.17) is 0 Å². The van der Waals surface area contributed by atoms with Crippen LogP contribution in [-0.4, -0.2) is 67.1 Å². The van der Waals surface area contributed by atoms with Gasteiger partial charge in [-0.1, -0.05) is 105 Å². The molecule has 2 aliphatic heterocycles. The number of piperidine rings is 1.